The second-order valence-corrected chi connectivity index (χ2v) is 6.20. The van der Waals surface area contributed by atoms with E-state index in [4.69, 9.17) is 10.5 Å². The number of benzene rings is 1. The first-order valence-corrected chi connectivity index (χ1v) is 7.20. The van der Waals surface area contributed by atoms with Crippen LogP contribution in [0.4, 0.5) is 5.69 Å². The Balaban J connectivity index is 2.77. The van der Waals surface area contributed by atoms with Crippen LogP contribution in [-0.4, -0.2) is 28.7 Å². The molecule has 102 valence electrons. The van der Waals surface area contributed by atoms with E-state index in [0.717, 1.165) is 5.56 Å². The Morgan fingerprint density at radius 2 is 2.11 bits per heavy atom. The molecule has 0 bridgehead atoms. The fourth-order valence-electron chi connectivity index (χ4n) is 1.49. The normalized spacial score (nSPS) is 13.5. The van der Waals surface area contributed by atoms with E-state index in [2.05, 4.69) is 4.72 Å². The van der Waals surface area contributed by atoms with Crippen LogP contribution in [0.5, 0.6) is 0 Å². The highest BCUT2D eigenvalue weighted by Gasteiger charge is 2.15. The topological polar surface area (TPSA) is 81.4 Å². The Bertz CT molecular complexity index is 500. The van der Waals surface area contributed by atoms with Crippen molar-refractivity contribution in [2.24, 2.45) is 5.92 Å². The molecule has 1 unspecified atom stereocenters. The van der Waals surface area contributed by atoms with Crippen molar-refractivity contribution < 1.29 is 13.2 Å². The van der Waals surface area contributed by atoms with Gasteiger partial charge >= 0.3 is 0 Å². The molecule has 0 saturated heterocycles. The number of nitrogens with one attached hydrogen (secondary N) is 1. The van der Waals surface area contributed by atoms with Crippen molar-refractivity contribution in [1.29, 1.82) is 0 Å². The van der Waals surface area contributed by atoms with Crippen LogP contribution in [0.15, 0.2) is 23.1 Å². The molecule has 0 aliphatic carbocycles. The molecule has 0 fully saturated rings. The van der Waals surface area contributed by atoms with E-state index < -0.39 is 10.0 Å². The van der Waals surface area contributed by atoms with E-state index in [1.165, 1.54) is 6.07 Å². The van der Waals surface area contributed by atoms with E-state index in [9.17, 15) is 8.42 Å². The highest BCUT2D eigenvalue weighted by Crippen LogP contribution is 2.16. The summed E-state index contributed by atoms with van der Waals surface area (Å²) in [5.74, 6) is 0.125. The number of nitrogen functional groups attached to an aromatic ring is 1. The predicted octanol–water partition coefficient (Wildman–Crippen LogP) is 1.14. The SMILES string of the molecule is COCC(C)CNS(=O)(=O)c1ccc(N)c(C)c1. The van der Waals surface area contributed by atoms with E-state index >= 15 is 0 Å². The van der Waals surface area contributed by atoms with Crippen LogP contribution < -0.4 is 10.5 Å². The third kappa shape index (κ3) is 3.97. The van der Waals surface area contributed by atoms with Gasteiger partial charge in [0.15, 0.2) is 0 Å². The van der Waals surface area contributed by atoms with E-state index in [1.807, 2.05) is 6.92 Å². The van der Waals surface area contributed by atoms with Gasteiger partial charge in [0.25, 0.3) is 0 Å². The first-order valence-electron chi connectivity index (χ1n) is 5.71. The molecule has 0 aliphatic rings. The van der Waals surface area contributed by atoms with Gasteiger partial charge in [-0.15, -0.1) is 0 Å². The number of sulfonamides is 1. The van der Waals surface area contributed by atoms with Crippen LogP contribution >= 0.6 is 0 Å². The molecule has 0 spiro atoms. The smallest absolute Gasteiger partial charge is 0.240 e. The average molecular weight is 272 g/mol. The highest BCUT2D eigenvalue weighted by atomic mass is 32.2. The number of methoxy groups -OCH3 is 1. The summed E-state index contributed by atoms with van der Waals surface area (Å²) < 4.78 is 31.5. The number of nitrogens with two attached hydrogens (primary N) is 1. The molecule has 1 aromatic carbocycles. The van der Waals surface area contributed by atoms with Gasteiger partial charge in [0.05, 0.1) is 4.90 Å². The van der Waals surface area contributed by atoms with Crippen molar-refractivity contribution in [3.8, 4) is 0 Å². The molecular weight excluding hydrogens is 252 g/mol. The second kappa shape index (κ2) is 6.17. The molecule has 0 aliphatic heterocycles. The van der Waals surface area contributed by atoms with Gasteiger partial charge in [0, 0.05) is 25.9 Å². The molecule has 0 aromatic heterocycles. The molecular formula is C12H20N2O3S. The molecule has 5 nitrogen and oxygen atoms in total. The van der Waals surface area contributed by atoms with Crippen molar-refractivity contribution in [2.45, 2.75) is 18.7 Å². The van der Waals surface area contributed by atoms with Crippen LogP contribution in [0.1, 0.15) is 12.5 Å². The minimum absolute atomic E-state index is 0.125. The summed E-state index contributed by atoms with van der Waals surface area (Å²) >= 11 is 0. The Hall–Kier alpha value is -1.11. The Morgan fingerprint density at radius 1 is 1.44 bits per heavy atom. The maximum atomic E-state index is 12.0. The van der Waals surface area contributed by atoms with Crippen LogP contribution in [0.2, 0.25) is 0 Å². The summed E-state index contributed by atoms with van der Waals surface area (Å²) in [7, 11) is -1.88. The highest BCUT2D eigenvalue weighted by molar-refractivity contribution is 7.89. The van der Waals surface area contributed by atoms with Crippen molar-refractivity contribution >= 4 is 15.7 Å². The van der Waals surface area contributed by atoms with Gasteiger partial charge in [0.2, 0.25) is 10.0 Å². The summed E-state index contributed by atoms with van der Waals surface area (Å²) in [5.41, 5.74) is 7.00. The lowest BCUT2D eigenvalue weighted by atomic mass is 10.2. The molecule has 3 N–H and O–H groups in total. The lowest BCUT2D eigenvalue weighted by molar-refractivity contribution is 0.161. The maximum absolute atomic E-state index is 12.0. The molecule has 0 heterocycles. The molecule has 0 amide bonds. The fourth-order valence-corrected chi connectivity index (χ4v) is 2.74. The average Bonchev–Trinajstić information content (AvgIpc) is 2.30. The molecule has 18 heavy (non-hydrogen) atoms. The van der Waals surface area contributed by atoms with Crippen molar-refractivity contribution in [3.05, 3.63) is 23.8 Å². The van der Waals surface area contributed by atoms with Gasteiger partial charge in [-0.2, -0.15) is 0 Å². The Labute approximate surface area is 108 Å². The largest absolute Gasteiger partial charge is 0.399 e. The second-order valence-electron chi connectivity index (χ2n) is 4.43. The zero-order valence-electron chi connectivity index (χ0n) is 10.9. The van der Waals surface area contributed by atoms with Crippen molar-refractivity contribution in [2.75, 3.05) is 26.0 Å². The first kappa shape index (κ1) is 14.9. The van der Waals surface area contributed by atoms with Crippen LogP contribution in [-0.2, 0) is 14.8 Å². The lowest BCUT2D eigenvalue weighted by Gasteiger charge is -2.12. The molecule has 0 saturated carbocycles. The summed E-state index contributed by atoms with van der Waals surface area (Å²) in [6, 6.07) is 4.67. The van der Waals surface area contributed by atoms with E-state index in [1.54, 1.807) is 26.2 Å². The van der Waals surface area contributed by atoms with Crippen LogP contribution in [0.25, 0.3) is 0 Å². The quantitative estimate of drug-likeness (QED) is 0.761. The molecule has 1 aromatic rings. The van der Waals surface area contributed by atoms with E-state index in [-0.39, 0.29) is 10.8 Å². The minimum atomic E-state index is -3.47. The maximum Gasteiger partial charge on any atom is 0.240 e. The van der Waals surface area contributed by atoms with Crippen molar-refractivity contribution in [3.63, 3.8) is 0 Å². The summed E-state index contributed by atoms with van der Waals surface area (Å²) in [6.07, 6.45) is 0. The van der Waals surface area contributed by atoms with Gasteiger partial charge in [-0.05, 0) is 36.6 Å². The zero-order valence-corrected chi connectivity index (χ0v) is 11.8. The minimum Gasteiger partial charge on any atom is -0.399 e. The third-order valence-corrected chi connectivity index (χ3v) is 4.05. The number of rotatable bonds is 6. The number of aryl methyl sites for hydroxylation is 1. The third-order valence-electron chi connectivity index (χ3n) is 2.62. The number of anilines is 1. The van der Waals surface area contributed by atoms with Gasteiger partial charge in [-0.3, -0.25) is 0 Å². The lowest BCUT2D eigenvalue weighted by Crippen LogP contribution is -2.30. The van der Waals surface area contributed by atoms with Crippen molar-refractivity contribution in [1.82, 2.24) is 4.72 Å². The molecule has 1 atom stereocenters. The molecule has 6 heteroatoms. The van der Waals surface area contributed by atoms with E-state index in [0.29, 0.717) is 18.8 Å². The summed E-state index contributed by atoms with van der Waals surface area (Å²) in [4.78, 5) is 0.235. The van der Waals surface area contributed by atoms with Gasteiger partial charge in [0.1, 0.15) is 0 Å². The fraction of sp³-hybridized carbons (Fsp3) is 0.500. The molecule has 1 rings (SSSR count). The number of hydrogen-bond acceptors (Lipinski definition) is 4. The first-order chi connectivity index (χ1) is 8.36. The van der Waals surface area contributed by atoms with Gasteiger partial charge in [-0.1, -0.05) is 6.92 Å². The summed E-state index contributed by atoms with van der Waals surface area (Å²) in [6.45, 7) is 4.56. The van der Waals surface area contributed by atoms with Gasteiger partial charge in [-0.25, -0.2) is 13.1 Å². The van der Waals surface area contributed by atoms with Crippen LogP contribution in [0, 0.1) is 12.8 Å². The monoisotopic (exact) mass is 272 g/mol. The standard InChI is InChI=1S/C12H20N2O3S/c1-9(8-17-3)7-14-18(15,16)11-4-5-12(13)10(2)6-11/h4-6,9,14H,7-8,13H2,1-3H3. The number of ether oxygens (including phenoxy) is 1. The predicted molar refractivity (Wildman–Crippen MR) is 71.8 cm³/mol. The Kier molecular flexibility index (Phi) is 5.13. The number of hydrogen-bond donors (Lipinski definition) is 2. The molecule has 0 radical (unpaired) electrons. The zero-order chi connectivity index (χ0) is 13.8. The van der Waals surface area contributed by atoms with Gasteiger partial charge < -0.3 is 10.5 Å². The Morgan fingerprint density at radius 3 is 2.67 bits per heavy atom. The summed E-state index contributed by atoms with van der Waals surface area (Å²) in [5, 5.41) is 0. The van der Waals surface area contributed by atoms with Crippen LogP contribution in [0.3, 0.4) is 0 Å².